The molecule has 3 rings (SSSR count). The molecule has 30 heavy (non-hydrogen) atoms. The number of aromatic nitrogens is 3. The van der Waals surface area contributed by atoms with E-state index in [0.29, 0.717) is 23.3 Å². The van der Waals surface area contributed by atoms with Crippen LogP contribution in [0.4, 0.5) is 10.5 Å². The van der Waals surface area contributed by atoms with Crippen molar-refractivity contribution in [1.82, 2.24) is 25.2 Å². The molecule has 0 aliphatic carbocycles. The van der Waals surface area contributed by atoms with Crippen LogP contribution in [0.2, 0.25) is 0 Å². The number of fused-ring (bicyclic) bond motifs is 1. The lowest BCUT2D eigenvalue weighted by atomic mass is 10.2. The number of urea groups is 1. The molecule has 0 fully saturated rings. The van der Waals surface area contributed by atoms with Crippen LogP contribution in [-0.2, 0) is 11.3 Å². The topological polar surface area (TPSA) is 118 Å². The van der Waals surface area contributed by atoms with Crippen LogP contribution in [0, 0.1) is 0 Å². The van der Waals surface area contributed by atoms with Gasteiger partial charge in [-0.05, 0) is 30.3 Å². The fourth-order valence-electron chi connectivity index (χ4n) is 2.85. The third-order valence-electron chi connectivity index (χ3n) is 4.36. The summed E-state index contributed by atoms with van der Waals surface area (Å²) in [6, 6.07) is 11.3. The number of methoxy groups -OCH3 is 1. The Morgan fingerprint density at radius 3 is 2.63 bits per heavy atom. The summed E-state index contributed by atoms with van der Waals surface area (Å²) in [5.74, 6) is -0.649. The lowest BCUT2D eigenvalue weighted by molar-refractivity contribution is 0.0601. The monoisotopic (exact) mass is 410 g/mol. The zero-order valence-electron chi connectivity index (χ0n) is 16.9. The van der Waals surface area contributed by atoms with Gasteiger partial charge in [0.1, 0.15) is 5.52 Å². The first-order valence-corrected chi connectivity index (χ1v) is 9.18. The molecule has 10 heteroatoms. The largest absolute Gasteiger partial charge is 0.465 e. The van der Waals surface area contributed by atoms with Gasteiger partial charge in [0.15, 0.2) is 0 Å². The van der Waals surface area contributed by atoms with E-state index in [1.54, 1.807) is 61.2 Å². The summed E-state index contributed by atoms with van der Waals surface area (Å²) in [6.45, 7) is 0.659. The van der Waals surface area contributed by atoms with E-state index in [1.165, 1.54) is 12.0 Å². The van der Waals surface area contributed by atoms with Crippen LogP contribution in [0.15, 0.2) is 42.5 Å². The maximum absolute atomic E-state index is 12.2. The number of esters is 1. The highest BCUT2D eigenvalue weighted by Gasteiger charge is 2.14. The molecule has 1 aromatic heterocycles. The smallest absolute Gasteiger partial charge is 0.339 e. The fraction of sp³-hybridized carbons (Fsp3) is 0.250. The number of hydrogen-bond acceptors (Lipinski definition) is 6. The number of amides is 3. The van der Waals surface area contributed by atoms with Crippen molar-refractivity contribution >= 4 is 34.6 Å². The Morgan fingerprint density at radius 1 is 1.13 bits per heavy atom. The maximum atomic E-state index is 12.2. The number of nitrogens with zero attached hydrogens (tertiary/aromatic N) is 4. The number of carbonyl (C=O) groups excluding carboxylic acids is 3. The first-order chi connectivity index (χ1) is 14.4. The number of anilines is 1. The third-order valence-corrected chi connectivity index (χ3v) is 4.36. The molecule has 2 N–H and O–H groups in total. The van der Waals surface area contributed by atoms with Crippen LogP contribution < -0.4 is 10.6 Å². The lowest BCUT2D eigenvalue weighted by Gasteiger charge is -2.11. The van der Waals surface area contributed by atoms with E-state index in [4.69, 9.17) is 4.74 Å². The normalized spacial score (nSPS) is 10.5. The predicted molar refractivity (Wildman–Crippen MR) is 110 cm³/mol. The Bertz CT molecular complexity index is 1090. The molecule has 10 nitrogen and oxygen atoms in total. The molecule has 3 amide bonds. The summed E-state index contributed by atoms with van der Waals surface area (Å²) in [7, 11) is 4.65. The van der Waals surface area contributed by atoms with Crippen molar-refractivity contribution in [2.45, 2.75) is 6.54 Å². The van der Waals surface area contributed by atoms with E-state index in [-0.39, 0.29) is 18.0 Å². The number of nitrogens with one attached hydrogen (secondary N) is 2. The quantitative estimate of drug-likeness (QED) is 0.598. The van der Waals surface area contributed by atoms with Gasteiger partial charge in [-0.25, -0.2) is 14.3 Å². The Morgan fingerprint density at radius 2 is 1.90 bits per heavy atom. The summed E-state index contributed by atoms with van der Waals surface area (Å²) in [6.07, 6.45) is 0. The number of ether oxygens (including phenoxy) is 1. The Labute approximate surface area is 172 Å². The number of hydrogen-bond donors (Lipinski definition) is 2. The van der Waals surface area contributed by atoms with Crippen LogP contribution in [0.3, 0.4) is 0 Å². The standard InChI is InChI=1S/C20H22N6O4/c1-25(2)18(27)13-8-9-17-16(12-13)23-24-26(17)11-10-21-20(29)22-15-7-5-4-6-14(15)19(28)30-3/h4-9,12H,10-11H2,1-3H3,(H2,21,22,29). The molecule has 0 bridgehead atoms. The van der Waals surface area contributed by atoms with E-state index in [9.17, 15) is 14.4 Å². The van der Waals surface area contributed by atoms with Crippen molar-refractivity contribution in [2.75, 3.05) is 33.1 Å². The molecule has 3 aromatic rings. The zero-order chi connectivity index (χ0) is 21.7. The van der Waals surface area contributed by atoms with Crippen molar-refractivity contribution in [1.29, 1.82) is 0 Å². The van der Waals surface area contributed by atoms with Gasteiger partial charge in [0.25, 0.3) is 5.91 Å². The van der Waals surface area contributed by atoms with Crippen LogP contribution in [0.1, 0.15) is 20.7 Å². The molecule has 0 saturated heterocycles. The fourth-order valence-corrected chi connectivity index (χ4v) is 2.85. The van der Waals surface area contributed by atoms with E-state index >= 15 is 0 Å². The third kappa shape index (κ3) is 4.54. The van der Waals surface area contributed by atoms with Gasteiger partial charge in [-0.15, -0.1) is 5.10 Å². The summed E-state index contributed by atoms with van der Waals surface area (Å²) in [4.78, 5) is 37.5. The van der Waals surface area contributed by atoms with Crippen LogP contribution in [-0.4, -0.2) is 65.6 Å². The molecule has 0 saturated carbocycles. The predicted octanol–water partition coefficient (Wildman–Crippen LogP) is 1.74. The first kappa shape index (κ1) is 20.8. The van der Waals surface area contributed by atoms with Gasteiger partial charge < -0.3 is 20.3 Å². The first-order valence-electron chi connectivity index (χ1n) is 9.18. The Hall–Kier alpha value is -3.95. The molecule has 0 atom stereocenters. The Balaban J connectivity index is 1.60. The van der Waals surface area contributed by atoms with Crippen molar-refractivity contribution in [3.8, 4) is 0 Å². The van der Waals surface area contributed by atoms with Crippen molar-refractivity contribution < 1.29 is 19.1 Å². The number of rotatable bonds is 6. The molecule has 156 valence electrons. The molecule has 0 aliphatic rings. The van der Waals surface area contributed by atoms with Crippen molar-refractivity contribution in [3.05, 3.63) is 53.6 Å². The molecule has 0 radical (unpaired) electrons. The molecule has 0 unspecified atom stereocenters. The minimum atomic E-state index is -0.535. The average Bonchev–Trinajstić information content (AvgIpc) is 3.15. The van der Waals surface area contributed by atoms with Gasteiger partial charge in [0, 0.05) is 26.2 Å². The second kappa shape index (κ2) is 9.03. The second-order valence-corrected chi connectivity index (χ2v) is 6.63. The van der Waals surface area contributed by atoms with Crippen molar-refractivity contribution in [2.24, 2.45) is 0 Å². The molecular formula is C20H22N6O4. The number of benzene rings is 2. The molecule has 1 heterocycles. The average molecular weight is 410 g/mol. The van der Waals surface area contributed by atoms with E-state index in [2.05, 4.69) is 20.9 Å². The van der Waals surface area contributed by atoms with Gasteiger partial charge in [0.2, 0.25) is 0 Å². The molecule has 0 aliphatic heterocycles. The van der Waals surface area contributed by atoms with Crippen LogP contribution >= 0.6 is 0 Å². The van der Waals surface area contributed by atoms with Crippen molar-refractivity contribution in [3.63, 3.8) is 0 Å². The summed E-state index contributed by atoms with van der Waals surface area (Å²) in [5, 5.41) is 13.5. The minimum Gasteiger partial charge on any atom is -0.465 e. The second-order valence-electron chi connectivity index (χ2n) is 6.63. The van der Waals surface area contributed by atoms with E-state index < -0.39 is 12.0 Å². The summed E-state index contributed by atoms with van der Waals surface area (Å²) >= 11 is 0. The van der Waals surface area contributed by atoms with Crippen LogP contribution in [0.25, 0.3) is 11.0 Å². The number of carbonyl (C=O) groups is 3. The summed E-state index contributed by atoms with van der Waals surface area (Å²) in [5.41, 5.74) is 2.50. The Kier molecular flexibility index (Phi) is 6.26. The molecular weight excluding hydrogens is 388 g/mol. The van der Waals surface area contributed by atoms with Gasteiger partial charge in [-0.1, -0.05) is 17.3 Å². The highest BCUT2D eigenvalue weighted by Crippen LogP contribution is 2.16. The zero-order valence-corrected chi connectivity index (χ0v) is 16.9. The molecule has 0 spiro atoms. The van der Waals surface area contributed by atoms with Gasteiger partial charge >= 0.3 is 12.0 Å². The van der Waals surface area contributed by atoms with E-state index in [1.807, 2.05) is 0 Å². The van der Waals surface area contributed by atoms with Gasteiger partial charge in [-0.2, -0.15) is 0 Å². The van der Waals surface area contributed by atoms with E-state index in [0.717, 1.165) is 5.52 Å². The highest BCUT2D eigenvalue weighted by molar-refractivity contribution is 6.00. The summed E-state index contributed by atoms with van der Waals surface area (Å²) < 4.78 is 6.35. The van der Waals surface area contributed by atoms with Crippen LogP contribution in [0.5, 0.6) is 0 Å². The van der Waals surface area contributed by atoms with Gasteiger partial charge in [0.05, 0.1) is 30.4 Å². The highest BCUT2D eigenvalue weighted by atomic mass is 16.5. The SMILES string of the molecule is COC(=O)c1ccccc1NC(=O)NCCn1nnc2cc(C(=O)N(C)C)ccc21. The molecule has 2 aromatic carbocycles. The maximum Gasteiger partial charge on any atom is 0.339 e. The van der Waals surface area contributed by atoms with Gasteiger partial charge in [-0.3, -0.25) is 4.79 Å². The number of para-hydroxylation sites is 1. The lowest BCUT2D eigenvalue weighted by Crippen LogP contribution is -2.32. The minimum absolute atomic E-state index is 0.114.